The predicted octanol–water partition coefficient (Wildman–Crippen LogP) is 5.83. The number of nitriles is 1. The van der Waals surface area contributed by atoms with Crippen molar-refractivity contribution in [2.45, 2.75) is 84.2 Å². The van der Waals surface area contributed by atoms with Crippen LogP contribution >= 0.6 is 0 Å². The fourth-order valence-electron chi connectivity index (χ4n) is 3.71. The van der Waals surface area contributed by atoms with Gasteiger partial charge in [0.25, 0.3) is 0 Å². The monoisotopic (exact) mass is 341 g/mol. The van der Waals surface area contributed by atoms with Gasteiger partial charge in [0.2, 0.25) is 0 Å². The highest BCUT2D eigenvalue weighted by molar-refractivity contribution is 5.89. The molecule has 1 saturated carbocycles. The lowest BCUT2D eigenvalue weighted by Gasteiger charge is -2.34. The van der Waals surface area contributed by atoms with Gasteiger partial charge in [-0.25, -0.2) is 4.79 Å². The minimum Gasteiger partial charge on any atom is -0.459 e. The van der Waals surface area contributed by atoms with Crippen molar-refractivity contribution < 1.29 is 9.53 Å². The van der Waals surface area contributed by atoms with Crippen LogP contribution < -0.4 is 0 Å². The first kappa shape index (κ1) is 19.5. The molecular formula is C22H31NO2. The van der Waals surface area contributed by atoms with Gasteiger partial charge in [-0.1, -0.05) is 51.7 Å². The van der Waals surface area contributed by atoms with Crippen LogP contribution in [0.5, 0.6) is 0 Å². The number of benzene rings is 1. The van der Waals surface area contributed by atoms with Crippen LogP contribution in [0, 0.1) is 16.7 Å². The zero-order chi connectivity index (χ0) is 18.1. The highest BCUT2D eigenvalue weighted by Crippen LogP contribution is 2.41. The highest BCUT2D eigenvalue weighted by Gasteiger charge is 2.36. The van der Waals surface area contributed by atoms with Crippen LogP contribution in [0.15, 0.2) is 24.3 Å². The average Bonchev–Trinajstić information content (AvgIpc) is 2.64. The van der Waals surface area contributed by atoms with Gasteiger partial charge in [0.1, 0.15) is 6.10 Å². The van der Waals surface area contributed by atoms with E-state index in [1.165, 1.54) is 18.4 Å². The van der Waals surface area contributed by atoms with Crippen molar-refractivity contribution in [1.82, 2.24) is 0 Å². The number of hydrogen-bond donors (Lipinski definition) is 0. The fourth-order valence-corrected chi connectivity index (χ4v) is 3.71. The van der Waals surface area contributed by atoms with Gasteiger partial charge < -0.3 is 4.74 Å². The Bertz CT molecular complexity index is 577. The van der Waals surface area contributed by atoms with E-state index in [1.807, 2.05) is 24.3 Å². The number of hydrogen-bond acceptors (Lipinski definition) is 3. The van der Waals surface area contributed by atoms with Crippen molar-refractivity contribution in [3.8, 4) is 6.07 Å². The number of ether oxygens (including phenoxy) is 1. The molecule has 0 radical (unpaired) electrons. The summed E-state index contributed by atoms with van der Waals surface area (Å²) in [5, 5.41) is 9.60. The van der Waals surface area contributed by atoms with Crippen LogP contribution in [0.3, 0.4) is 0 Å². The third-order valence-electron chi connectivity index (χ3n) is 5.39. The van der Waals surface area contributed by atoms with E-state index in [0.29, 0.717) is 5.56 Å². The van der Waals surface area contributed by atoms with E-state index in [-0.39, 0.29) is 17.5 Å². The Morgan fingerprint density at radius 2 is 1.84 bits per heavy atom. The zero-order valence-corrected chi connectivity index (χ0v) is 15.7. The Morgan fingerprint density at radius 3 is 2.40 bits per heavy atom. The van der Waals surface area contributed by atoms with Gasteiger partial charge in [0, 0.05) is 0 Å². The maximum atomic E-state index is 12.3. The van der Waals surface area contributed by atoms with E-state index in [1.54, 1.807) is 0 Å². The molecule has 0 heterocycles. The molecule has 0 bridgehead atoms. The Hall–Kier alpha value is -1.82. The summed E-state index contributed by atoms with van der Waals surface area (Å²) >= 11 is 0. The Morgan fingerprint density at radius 1 is 1.16 bits per heavy atom. The SMILES string of the molecule is CCCCC[C@]1(C#N)CC[C@H](OC(=O)c2ccc(CCC)cc2)CC1. The number of unbranched alkanes of at least 4 members (excludes halogenated alkanes) is 2. The van der Waals surface area contributed by atoms with Gasteiger partial charge in [-0.15, -0.1) is 0 Å². The molecule has 3 heteroatoms. The topological polar surface area (TPSA) is 50.1 Å². The summed E-state index contributed by atoms with van der Waals surface area (Å²) in [6.45, 7) is 4.33. The second kappa shape index (κ2) is 9.61. The normalized spacial score (nSPS) is 23.0. The first-order chi connectivity index (χ1) is 12.1. The molecule has 0 N–H and O–H groups in total. The lowest BCUT2D eigenvalue weighted by molar-refractivity contribution is 0.0105. The Kier molecular flexibility index (Phi) is 7.50. The molecule has 0 aliphatic heterocycles. The Labute approximate surface area is 152 Å². The molecule has 1 aromatic carbocycles. The highest BCUT2D eigenvalue weighted by atomic mass is 16.5. The second-order valence-corrected chi connectivity index (χ2v) is 7.40. The van der Waals surface area contributed by atoms with Crippen LogP contribution in [0.2, 0.25) is 0 Å². The van der Waals surface area contributed by atoms with Crippen molar-refractivity contribution in [3.63, 3.8) is 0 Å². The third kappa shape index (κ3) is 5.59. The average molecular weight is 341 g/mol. The van der Waals surface area contributed by atoms with E-state index in [0.717, 1.165) is 51.4 Å². The Balaban J connectivity index is 1.84. The van der Waals surface area contributed by atoms with Gasteiger partial charge in [-0.05, 0) is 56.2 Å². The zero-order valence-electron chi connectivity index (χ0n) is 15.7. The van der Waals surface area contributed by atoms with Gasteiger partial charge in [-0.3, -0.25) is 0 Å². The van der Waals surface area contributed by atoms with E-state index >= 15 is 0 Å². The van der Waals surface area contributed by atoms with Gasteiger partial charge >= 0.3 is 5.97 Å². The van der Waals surface area contributed by atoms with Crippen LogP contribution in [-0.2, 0) is 11.2 Å². The molecule has 1 aliphatic rings. The van der Waals surface area contributed by atoms with Gasteiger partial charge in [0.05, 0.1) is 17.0 Å². The van der Waals surface area contributed by atoms with Crippen molar-refractivity contribution >= 4 is 5.97 Å². The van der Waals surface area contributed by atoms with Gasteiger partial charge in [0.15, 0.2) is 0 Å². The first-order valence-corrected chi connectivity index (χ1v) is 9.83. The molecular weight excluding hydrogens is 310 g/mol. The summed E-state index contributed by atoms with van der Waals surface area (Å²) in [5.41, 5.74) is 1.68. The number of carbonyl (C=O) groups excluding carboxylic acids is 1. The molecule has 1 aromatic rings. The summed E-state index contributed by atoms with van der Waals surface area (Å²) in [7, 11) is 0. The number of nitrogens with zero attached hydrogens (tertiary/aromatic N) is 1. The molecule has 0 unspecified atom stereocenters. The molecule has 2 rings (SSSR count). The lowest BCUT2D eigenvalue weighted by atomic mass is 9.71. The number of carbonyl (C=O) groups is 1. The summed E-state index contributed by atoms with van der Waals surface area (Å²) < 4.78 is 5.69. The quantitative estimate of drug-likeness (QED) is 0.441. The molecule has 0 atom stereocenters. The van der Waals surface area contributed by atoms with E-state index < -0.39 is 0 Å². The molecule has 1 aliphatic carbocycles. The molecule has 0 aromatic heterocycles. The maximum Gasteiger partial charge on any atom is 0.338 e. The number of esters is 1. The number of rotatable bonds is 8. The van der Waals surface area contributed by atoms with Crippen molar-refractivity contribution in [1.29, 1.82) is 5.26 Å². The summed E-state index contributed by atoms with van der Waals surface area (Å²) in [4.78, 5) is 12.3. The smallest absolute Gasteiger partial charge is 0.338 e. The molecule has 0 amide bonds. The largest absolute Gasteiger partial charge is 0.459 e. The molecule has 25 heavy (non-hydrogen) atoms. The molecule has 0 saturated heterocycles. The molecule has 1 fully saturated rings. The van der Waals surface area contributed by atoms with Crippen molar-refractivity contribution in [2.24, 2.45) is 5.41 Å². The molecule has 0 spiro atoms. The van der Waals surface area contributed by atoms with Crippen LogP contribution in [0.25, 0.3) is 0 Å². The van der Waals surface area contributed by atoms with E-state index in [9.17, 15) is 10.1 Å². The maximum absolute atomic E-state index is 12.3. The minimum absolute atomic E-state index is 0.0459. The van der Waals surface area contributed by atoms with E-state index in [4.69, 9.17) is 4.74 Å². The van der Waals surface area contributed by atoms with Crippen LogP contribution in [-0.4, -0.2) is 12.1 Å². The third-order valence-corrected chi connectivity index (χ3v) is 5.39. The first-order valence-electron chi connectivity index (χ1n) is 9.83. The minimum atomic E-state index is -0.233. The summed E-state index contributed by atoms with van der Waals surface area (Å²) in [6, 6.07) is 10.3. The summed E-state index contributed by atoms with van der Waals surface area (Å²) in [5.74, 6) is -0.233. The fraction of sp³-hybridized carbons (Fsp3) is 0.636. The lowest BCUT2D eigenvalue weighted by Crippen LogP contribution is -2.31. The van der Waals surface area contributed by atoms with Crippen LogP contribution in [0.1, 0.15) is 87.6 Å². The standard InChI is InChI=1S/C22H31NO2/c1-3-5-6-14-22(17-23)15-12-20(13-16-22)25-21(24)19-10-8-18(7-4-2)9-11-19/h8-11,20H,3-7,12-16H2,1-2H3/t20-,22-. The van der Waals surface area contributed by atoms with Gasteiger partial charge in [-0.2, -0.15) is 5.26 Å². The van der Waals surface area contributed by atoms with E-state index in [2.05, 4.69) is 19.9 Å². The van der Waals surface area contributed by atoms with Crippen LogP contribution in [0.4, 0.5) is 0 Å². The van der Waals surface area contributed by atoms with Crippen molar-refractivity contribution in [3.05, 3.63) is 35.4 Å². The van der Waals surface area contributed by atoms with Crippen molar-refractivity contribution in [2.75, 3.05) is 0 Å². The molecule has 3 nitrogen and oxygen atoms in total. The number of aryl methyl sites for hydroxylation is 1. The predicted molar refractivity (Wildman–Crippen MR) is 100 cm³/mol. The second-order valence-electron chi connectivity index (χ2n) is 7.40. The summed E-state index contributed by atoms with van der Waals surface area (Å²) in [6.07, 6.45) is 9.87. The molecule has 136 valence electrons.